The molecule has 3 rings (SSSR count). The van der Waals surface area contributed by atoms with Crippen molar-refractivity contribution in [1.29, 1.82) is 0 Å². The van der Waals surface area contributed by atoms with Crippen LogP contribution in [-0.2, 0) is 11.8 Å². The van der Waals surface area contributed by atoms with Gasteiger partial charge in [0, 0.05) is 18.2 Å². The lowest BCUT2D eigenvalue weighted by atomic mass is 10.0. The quantitative estimate of drug-likeness (QED) is 0.591. The summed E-state index contributed by atoms with van der Waals surface area (Å²) >= 11 is 6.44. The molecule has 0 saturated heterocycles. The molecule has 0 bridgehead atoms. The minimum Gasteiger partial charge on any atom is -0.462 e. The van der Waals surface area contributed by atoms with Crippen molar-refractivity contribution in [3.8, 4) is 11.3 Å². The summed E-state index contributed by atoms with van der Waals surface area (Å²) in [6.07, 6.45) is 3.75. The SMILES string of the molecule is CCOC(=O)c1ccccc1C=Cc1c(-c2ccccc2)nn(C)c1Cl. The van der Waals surface area contributed by atoms with Crippen LogP contribution in [0.5, 0.6) is 0 Å². The molecular weight excluding hydrogens is 348 g/mol. The van der Waals surface area contributed by atoms with Gasteiger partial charge in [-0.1, -0.05) is 66.2 Å². The van der Waals surface area contributed by atoms with Crippen LogP contribution in [0.3, 0.4) is 0 Å². The largest absolute Gasteiger partial charge is 0.462 e. The third-order valence-corrected chi connectivity index (χ3v) is 4.39. The topological polar surface area (TPSA) is 44.1 Å². The van der Waals surface area contributed by atoms with E-state index in [0.29, 0.717) is 17.3 Å². The number of nitrogens with zero attached hydrogens (tertiary/aromatic N) is 2. The number of carbonyl (C=O) groups is 1. The van der Waals surface area contributed by atoms with E-state index in [1.54, 1.807) is 24.7 Å². The molecule has 4 nitrogen and oxygen atoms in total. The number of carbonyl (C=O) groups excluding carboxylic acids is 1. The maximum Gasteiger partial charge on any atom is 0.338 e. The van der Waals surface area contributed by atoms with Crippen LogP contribution in [-0.4, -0.2) is 22.4 Å². The highest BCUT2D eigenvalue weighted by atomic mass is 35.5. The fourth-order valence-corrected chi connectivity index (χ4v) is 2.88. The molecule has 0 fully saturated rings. The molecule has 3 aromatic rings. The summed E-state index contributed by atoms with van der Waals surface area (Å²) in [6.45, 7) is 2.13. The first kappa shape index (κ1) is 18.0. The standard InChI is InChI=1S/C21H19ClN2O2/c1-3-26-21(25)17-12-8-7-9-15(17)13-14-18-19(23-24(2)20(18)22)16-10-5-4-6-11-16/h4-14H,3H2,1-2H3. The van der Waals surface area contributed by atoms with E-state index in [1.807, 2.05) is 60.7 Å². The first-order chi connectivity index (χ1) is 12.6. The van der Waals surface area contributed by atoms with Gasteiger partial charge in [-0.3, -0.25) is 4.68 Å². The van der Waals surface area contributed by atoms with Crippen molar-refractivity contribution < 1.29 is 9.53 Å². The molecule has 0 saturated carbocycles. The zero-order valence-corrected chi connectivity index (χ0v) is 15.4. The average Bonchev–Trinajstić information content (AvgIpc) is 2.95. The second kappa shape index (κ2) is 8.02. The molecule has 26 heavy (non-hydrogen) atoms. The molecule has 1 heterocycles. The summed E-state index contributed by atoms with van der Waals surface area (Å²) in [4.78, 5) is 12.1. The van der Waals surface area contributed by atoms with Gasteiger partial charge in [-0.25, -0.2) is 4.79 Å². The lowest BCUT2D eigenvalue weighted by Gasteiger charge is -2.05. The molecule has 0 radical (unpaired) electrons. The van der Waals surface area contributed by atoms with Gasteiger partial charge in [0.1, 0.15) is 10.8 Å². The summed E-state index contributed by atoms with van der Waals surface area (Å²) < 4.78 is 6.77. The number of aryl methyl sites for hydroxylation is 1. The summed E-state index contributed by atoms with van der Waals surface area (Å²) in [7, 11) is 1.80. The fraction of sp³-hybridized carbons (Fsp3) is 0.143. The Labute approximate surface area is 157 Å². The molecule has 2 aromatic carbocycles. The summed E-state index contributed by atoms with van der Waals surface area (Å²) in [6, 6.07) is 17.2. The summed E-state index contributed by atoms with van der Waals surface area (Å²) in [5.41, 5.74) is 3.87. The van der Waals surface area contributed by atoms with Gasteiger partial charge >= 0.3 is 5.97 Å². The molecule has 0 spiro atoms. The van der Waals surface area contributed by atoms with E-state index in [9.17, 15) is 4.79 Å². The van der Waals surface area contributed by atoms with E-state index < -0.39 is 0 Å². The second-order valence-corrected chi connectivity index (χ2v) is 6.04. The van der Waals surface area contributed by atoms with Gasteiger partial charge < -0.3 is 4.74 Å². The number of esters is 1. The molecule has 0 unspecified atom stereocenters. The van der Waals surface area contributed by atoms with E-state index in [1.165, 1.54) is 0 Å². The molecule has 0 atom stereocenters. The van der Waals surface area contributed by atoms with Crippen LogP contribution in [0.1, 0.15) is 28.4 Å². The molecule has 0 amide bonds. The smallest absolute Gasteiger partial charge is 0.338 e. The monoisotopic (exact) mass is 366 g/mol. The number of benzene rings is 2. The van der Waals surface area contributed by atoms with Gasteiger partial charge in [0.05, 0.1) is 12.2 Å². The van der Waals surface area contributed by atoms with E-state index in [2.05, 4.69) is 5.10 Å². The van der Waals surface area contributed by atoms with Crippen molar-refractivity contribution in [2.75, 3.05) is 6.61 Å². The Bertz CT molecular complexity index is 946. The zero-order valence-electron chi connectivity index (χ0n) is 14.6. The molecule has 5 heteroatoms. The van der Waals surface area contributed by atoms with Gasteiger partial charge in [0.15, 0.2) is 0 Å². The average molecular weight is 367 g/mol. The number of aromatic nitrogens is 2. The molecule has 0 aliphatic rings. The third-order valence-electron chi connectivity index (χ3n) is 3.94. The second-order valence-electron chi connectivity index (χ2n) is 5.68. The van der Waals surface area contributed by atoms with Crippen LogP contribution in [0.25, 0.3) is 23.4 Å². The number of rotatable bonds is 5. The van der Waals surface area contributed by atoms with Crippen LogP contribution in [0.15, 0.2) is 54.6 Å². The molecule has 0 aliphatic heterocycles. The molecule has 0 aliphatic carbocycles. The third kappa shape index (κ3) is 3.70. The highest BCUT2D eigenvalue weighted by Crippen LogP contribution is 2.30. The van der Waals surface area contributed by atoms with Crippen molar-refractivity contribution in [3.63, 3.8) is 0 Å². The highest BCUT2D eigenvalue weighted by molar-refractivity contribution is 6.31. The number of hydrogen-bond acceptors (Lipinski definition) is 3. The van der Waals surface area contributed by atoms with Crippen molar-refractivity contribution in [1.82, 2.24) is 9.78 Å². The van der Waals surface area contributed by atoms with Crippen molar-refractivity contribution in [2.24, 2.45) is 7.05 Å². The molecule has 132 valence electrons. The molecular formula is C21H19ClN2O2. The Balaban J connectivity index is 2.02. The van der Waals surface area contributed by atoms with Crippen LogP contribution in [0.2, 0.25) is 5.15 Å². The highest BCUT2D eigenvalue weighted by Gasteiger charge is 2.15. The van der Waals surface area contributed by atoms with Crippen LogP contribution >= 0.6 is 11.6 Å². The van der Waals surface area contributed by atoms with Crippen molar-refractivity contribution >= 4 is 29.7 Å². The predicted molar refractivity (Wildman–Crippen MR) is 105 cm³/mol. The number of halogens is 1. The van der Waals surface area contributed by atoms with Crippen LogP contribution in [0.4, 0.5) is 0 Å². The fourth-order valence-electron chi connectivity index (χ4n) is 2.69. The van der Waals surface area contributed by atoms with E-state index in [0.717, 1.165) is 22.4 Å². The number of hydrogen-bond donors (Lipinski definition) is 0. The van der Waals surface area contributed by atoms with Gasteiger partial charge in [-0.15, -0.1) is 0 Å². The predicted octanol–water partition coefficient (Wildman–Crippen LogP) is 5.09. The lowest BCUT2D eigenvalue weighted by molar-refractivity contribution is 0.0526. The van der Waals surface area contributed by atoms with Crippen molar-refractivity contribution in [3.05, 3.63) is 76.4 Å². The molecule has 0 N–H and O–H groups in total. The van der Waals surface area contributed by atoms with Gasteiger partial charge in [0.2, 0.25) is 0 Å². The number of ether oxygens (including phenoxy) is 1. The zero-order chi connectivity index (χ0) is 18.5. The Morgan fingerprint density at radius 3 is 2.54 bits per heavy atom. The van der Waals surface area contributed by atoms with Gasteiger partial charge in [-0.2, -0.15) is 5.10 Å². The lowest BCUT2D eigenvalue weighted by Crippen LogP contribution is -2.06. The van der Waals surface area contributed by atoms with E-state index in [-0.39, 0.29) is 5.97 Å². The Morgan fingerprint density at radius 2 is 1.81 bits per heavy atom. The van der Waals surface area contributed by atoms with Crippen molar-refractivity contribution in [2.45, 2.75) is 6.92 Å². The Kier molecular flexibility index (Phi) is 5.54. The first-order valence-electron chi connectivity index (χ1n) is 8.34. The summed E-state index contributed by atoms with van der Waals surface area (Å²) in [5.74, 6) is -0.340. The normalized spacial score (nSPS) is 11.0. The molecule has 1 aromatic heterocycles. The first-order valence-corrected chi connectivity index (χ1v) is 8.71. The van der Waals surface area contributed by atoms with Crippen LogP contribution in [0, 0.1) is 0 Å². The van der Waals surface area contributed by atoms with Gasteiger partial charge in [0.25, 0.3) is 0 Å². The summed E-state index contributed by atoms with van der Waals surface area (Å²) in [5, 5.41) is 5.06. The van der Waals surface area contributed by atoms with Gasteiger partial charge in [-0.05, 0) is 24.6 Å². The maximum absolute atomic E-state index is 12.1. The minimum atomic E-state index is -0.340. The van der Waals surface area contributed by atoms with E-state index >= 15 is 0 Å². The maximum atomic E-state index is 12.1. The Morgan fingerprint density at radius 1 is 1.12 bits per heavy atom. The van der Waals surface area contributed by atoms with E-state index in [4.69, 9.17) is 16.3 Å². The van der Waals surface area contributed by atoms with Crippen LogP contribution < -0.4 is 0 Å². The minimum absolute atomic E-state index is 0.337. The Hall–Kier alpha value is -2.85.